The maximum absolute atomic E-state index is 9.37. The van der Waals surface area contributed by atoms with Gasteiger partial charge >= 0.3 is 0 Å². The topological polar surface area (TPSA) is 33.1 Å². The molecule has 0 radical (unpaired) electrons. The molecule has 0 bridgehead atoms. The van der Waals surface area contributed by atoms with Crippen molar-refractivity contribution in [1.82, 2.24) is 4.98 Å². The number of nitrogens with zero attached hydrogens (tertiary/aromatic N) is 1. The number of fused-ring (bicyclic) bond motifs is 3. The van der Waals surface area contributed by atoms with Gasteiger partial charge < -0.3 is 5.11 Å². The highest BCUT2D eigenvalue weighted by molar-refractivity contribution is 6.05. The monoisotopic (exact) mass is 195 g/mol. The van der Waals surface area contributed by atoms with Crippen molar-refractivity contribution in [1.29, 1.82) is 0 Å². The number of hydrogen-bond donors (Lipinski definition) is 1. The van der Waals surface area contributed by atoms with Gasteiger partial charge in [-0.2, -0.15) is 0 Å². The molecule has 1 heterocycles. The van der Waals surface area contributed by atoms with Crippen LogP contribution in [0.15, 0.2) is 48.7 Å². The Balaban J connectivity index is 2.55. The van der Waals surface area contributed by atoms with Gasteiger partial charge in [-0.3, -0.25) is 4.98 Å². The van der Waals surface area contributed by atoms with E-state index in [4.69, 9.17) is 0 Å². The van der Waals surface area contributed by atoms with E-state index in [1.54, 1.807) is 18.3 Å². The molecule has 0 spiro atoms. The van der Waals surface area contributed by atoms with E-state index in [1.165, 1.54) is 0 Å². The SMILES string of the molecule is Oc1ccc2c(cnc3ccccc32)c1. The van der Waals surface area contributed by atoms with Crippen LogP contribution in [0.1, 0.15) is 0 Å². The molecule has 2 nitrogen and oxygen atoms in total. The quantitative estimate of drug-likeness (QED) is 0.559. The second-order valence-electron chi connectivity index (χ2n) is 3.55. The molecule has 0 aliphatic heterocycles. The zero-order chi connectivity index (χ0) is 10.3. The van der Waals surface area contributed by atoms with E-state index >= 15 is 0 Å². The number of para-hydroxylation sites is 1. The van der Waals surface area contributed by atoms with Crippen molar-refractivity contribution < 1.29 is 5.11 Å². The van der Waals surface area contributed by atoms with Gasteiger partial charge in [0.2, 0.25) is 0 Å². The van der Waals surface area contributed by atoms with Crippen molar-refractivity contribution in [2.24, 2.45) is 0 Å². The standard InChI is InChI=1S/C13H9NO/c15-10-5-6-11-9(7-10)8-14-13-4-2-1-3-12(11)13/h1-8,15H. The molecule has 3 aromatic rings. The first kappa shape index (κ1) is 8.24. The molecule has 0 aliphatic rings. The molecule has 1 N–H and O–H groups in total. The first-order valence-electron chi connectivity index (χ1n) is 4.81. The van der Waals surface area contributed by atoms with Crippen molar-refractivity contribution in [3.05, 3.63) is 48.7 Å². The summed E-state index contributed by atoms with van der Waals surface area (Å²) in [5.74, 6) is 0.277. The summed E-state index contributed by atoms with van der Waals surface area (Å²) < 4.78 is 0. The predicted octanol–water partition coefficient (Wildman–Crippen LogP) is 3.09. The first-order valence-corrected chi connectivity index (χ1v) is 4.81. The Bertz CT molecular complexity index is 646. The van der Waals surface area contributed by atoms with Crippen LogP contribution in [0.25, 0.3) is 21.7 Å². The normalized spacial score (nSPS) is 10.9. The van der Waals surface area contributed by atoms with Crippen LogP contribution in [-0.2, 0) is 0 Å². The van der Waals surface area contributed by atoms with Gasteiger partial charge in [-0.25, -0.2) is 0 Å². The maximum Gasteiger partial charge on any atom is 0.116 e. The fraction of sp³-hybridized carbons (Fsp3) is 0. The highest BCUT2D eigenvalue weighted by atomic mass is 16.3. The average Bonchev–Trinajstić information content (AvgIpc) is 2.28. The summed E-state index contributed by atoms with van der Waals surface area (Å²) in [5, 5.41) is 12.6. The van der Waals surface area contributed by atoms with Crippen LogP contribution in [0.4, 0.5) is 0 Å². The number of phenols is 1. The van der Waals surface area contributed by atoms with Crippen molar-refractivity contribution in [3.8, 4) is 5.75 Å². The van der Waals surface area contributed by atoms with E-state index < -0.39 is 0 Å². The number of phenolic OH excluding ortho intramolecular Hbond substituents is 1. The molecule has 0 saturated carbocycles. The van der Waals surface area contributed by atoms with Gasteiger partial charge in [0.15, 0.2) is 0 Å². The largest absolute Gasteiger partial charge is 0.508 e. The molecule has 2 heteroatoms. The number of aromatic nitrogens is 1. The predicted molar refractivity (Wildman–Crippen MR) is 60.9 cm³/mol. The Kier molecular flexibility index (Phi) is 1.62. The van der Waals surface area contributed by atoms with Crippen LogP contribution in [0.2, 0.25) is 0 Å². The fourth-order valence-electron chi connectivity index (χ4n) is 1.86. The molecule has 15 heavy (non-hydrogen) atoms. The summed E-state index contributed by atoms with van der Waals surface area (Å²) in [6, 6.07) is 13.4. The minimum absolute atomic E-state index is 0.277. The minimum atomic E-state index is 0.277. The number of benzene rings is 2. The summed E-state index contributed by atoms with van der Waals surface area (Å²) in [5.41, 5.74) is 0.982. The van der Waals surface area contributed by atoms with Crippen molar-refractivity contribution in [2.75, 3.05) is 0 Å². The van der Waals surface area contributed by atoms with E-state index in [2.05, 4.69) is 4.98 Å². The van der Waals surface area contributed by atoms with E-state index in [-0.39, 0.29) is 5.75 Å². The zero-order valence-corrected chi connectivity index (χ0v) is 8.01. The summed E-state index contributed by atoms with van der Waals surface area (Å²) in [6.07, 6.45) is 1.79. The molecule has 0 unspecified atom stereocenters. The molecule has 0 saturated heterocycles. The fourth-order valence-corrected chi connectivity index (χ4v) is 1.86. The Hall–Kier alpha value is -2.09. The molecule has 0 atom stereocenters. The van der Waals surface area contributed by atoms with Crippen LogP contribution >= 0.6 is 0 Å². The highest BCUT2D eigenvalue weighted by Crippen LogP contribution is 2.25. The van der Waals surface area contributed by atoms with Crippen LogP contribution < -0.4 is 0 Å². The minimum Gasteiger partial charge on any atom is -0.508 e. The Morgan fingerprint density at radius 1 is 0.933 bits per heavy atom. The van der Waals surface area contributed by atoms with Gasteiger partial charge in [-0.15, -0.1) is 0 Å². The van der Waals surface area contributed by atoms with Gasteiger partial charge in [0.1, 0.15) is 5.75 Å². The lowest BCUT2D eigenvalue weighted by Crippen LogP contribution is -1.80. The second-order valence-corrected chi connectivity index (χ2v) is 3.55. The number of hydrogen-bond acceptors (Lipinski definition) is 2. The maximum atomic E-state index is 9.37. The lowest BCUT2D eigenvalue weighted by Gasteiger charge is -2.02. The molecular formula is C13H9NO. The summed E-state index contributed by atoms with van der Waals surface area (Å²) in [6.45, 7) is 0. The smallest absolute Gasteiger partial charge is 0.116 e. The Morgan fingerprint density at radius 3 is 2.73 bits per heavy atom. The zero-order valence-electron chi connectivity index (χ0n) is 8.01. The van der Waals surface area contributed by atoms with Crippen LogP contribution in [-0.4, -0.2) is 10.1 Å². The molecule has 0 aliphatic carbocycles. The third-order valence-corrected chi connectivity index (χ3v) is 2.57. The molecule has 2 aromatic carbocycles. The second kappa shape index (κ2) is 2.95. The van der Waals surface area contributed by atoms with Crippen molar-refractivity contribution in [2.45, 2.75) is 0 Å². The number of rotatable bonds is 0. The van der Waals surface area contributed by atoms with Crippen molar-refractivity contribution in [3.63, 3.8) is 0 Å². The molecular weight excluding hydrogens is 186 g/mol. The van der Waals surface area contributed by atoms with E-state index in [1.807, 2.05) is 30.3 Å². The van der Waals surface area contributed by atoms with Gasteiger partial charge in [0.05, 0.1) is 5.52 Å². The number of pyridine rings is 1. The highest BCUT2D eigenvalue weighted by Gasteiger charge is 2.00. The Labute approximate surface area is 86.8 Å². The molecule has 72 valence electrons. The van der Waals surface area contributed by atoms with Crippen LogP contribution in [0, 0.1) is 0 Å². The van der Waals surface area contributed by atoms with Gasteiger partial charge in [0.25, 0.3) is 0 Å². The lowest BCUT2D eigenvalue weighted by molar-refractivity contribution is 0.476. The average molecular weight is 195 g/mol. The third-order valence-electron chi connectivity index (χ3n) is 2.57. The lowest BCUT2D eigenvalue weighted by atomic mass is 10.1. The van der Waals surface area contributed by atoms with Gasteiger partial charge in [0, 0.05) is 17.0 Å². The van der Waals surface area contributed by atoms with E-state index in [0.29, 0.717) is 0 Å². The van der Waals surface area contributed by atoms with Crippen molar-refractivity contribution >= 4 is 21.7 Å². The third kappa shape index (κ3) is 1.22. The molecule has 0 amide bonds. The number of aromatic hydroxyl groups is 1. The van der Waals surface area contributed by atoms with Gasteiger partial charge in [-0.05, 0) is 29.7 Å². The molecule has 1 aromatic heterocycles. The molecule has 3 rings (SSSR count). The summed E-state index contributed by atoms with van der Waals surface area (Å²) in [7, 11) is 0. The molecule has 0 fully saturated rings. The van der Waals surface area contributed by atoms with Crippen LogP contribution in [0.5, 0.6) is 5.75 Å². The first-order chi connectivity index (χ1) is 7.34. The summed E-state index contributed by atoms with van der Waals surface area (Å²) in [4.78, 5) is 4.34. The summed E-state index contributed by atoms with van der Waals surface area (Å²) >= 11 is 0. The van der Waals surface area contributed by atoms with E-state index in [0.717, 1.165) is 21.7 Å². The van der Waals surface area contributed by atoms with Crippen LogP contribution in [0.3, 0.4) is 0 Å². The van der Waals surface area contributed by atoms with Gasteiger partial charge in [-0.1, -0.05) is 18.2 Å². The Morgan fingerprint density at radius 2 is 1.80 bits per heavy atom. The van der Waals surface area contributed by atoms with E-state index in [9.17, 15) is 5.11 Å².